The summed E-state index contributed by atoms with van der Waals surface area (Å²) < 4.78 is 5.54. The summed E-state index contributed by atoms with van der Waals surface area (Å²) in [6.07, 6.45) is 1.94. The number of nitrogens with one attached hydrogen (secondary N) is 1. The molecule has 0 saturated heterocycles. The van der Waals surface area contributed by atoms with Gasteiger partial charge in [-0.3, -0.25) is 0 Å². The number of pyridine rings is 1. The zero-order valence-corrected chi connectivity index (χ0v) is 7.87. The lowest BCUT2D eigenvalue weighted by Crippen LogP contribution is -2.00. The van der Waals surface area contributed by atoms with E-state index >= 15 is 0 Å². The summed E-state index contributed by atoms with van der Waals surface area (Å²) in [5.74, 6) is 0.595. The average Bonchev–Trinajstić information content (AvgIpc) is 2.71. The third kappa shape index (κ3) is 0.834. The first-order chi connectivity index (χ1) is 6.77. The quantitative estimate of drug-likeness (QED) is 0.663. The molecule has 1 aliphatic rings. The van der Waals surface area contributed by atoms with Crippen molar-refractivity contribution in [2.24, 2.45) is 0 Å². The van der Waals surface area contributed by atoms with Crippen molar-refractivity contribution >= 4 is 16.9 Å². The third-order valence-corrected chi connectivity index (χ3v) is 2.75. The fraction of sp³-hybridized carbons (Fsp3) is 0.300. The first-order valence-electron chi connectivity index (χ1n) is 4.64. The summed E-state index contributed by atoms with van der Waals surface area (Å²) in [5, 5.41) is 0. The number of anilines is 1. The third-order valence-electron chi connectivity index (χ3n) is 2.75. The predicted molar refractivity (Wildman–Crippen MR) is 53.7 cm³/mol. The van der Waals surface area contributed by atoms with E-state index in [4.69, 9.17) is 10.5 Å². The molecule has 3 heterocycles. The Balaban J connectivity index is 2.44. The summed E-state index contributed by atoms with van der Waals surface area (Å²) >= 11 is 0. The highest BCUT2D eigenvalue weighted by atomic mass is 16.5. The van der Waals surface area contributed by atoms with E-state index in [1.54, 1.807) is 0 Å². The second-order valence-electron chi connectivity index (χ2n) is 3.58. The van der Waals surface area contributed by atoms with Crippen LogP contribution in [0.2, 0.25) is 0 Å². The zero-order valence-electron chi connectivity index (χ0n) is 7.87. The SMILES string of the molecule is C[C@H]1OCc2c1c(N)nc1cc[nH]c21. The number of nitrogens with two attached hydrogens (primary N) is 1. The Morgan fingerprint density at radius 2 is 2.50 bits per heavy atom. The number of rotatable bonds is 0. The van der Waals surface area contributed by atoms with Gasteiger partial charge < -0.3 is 15.5 Å². The predicted octanol–water partition coefficient (Wildman–Crippen LogP) is 1.74. The van der Waals surface area contributed by atoms with Gasteiger partial charge in [0.25, 0.3) is 0 Å². The fourth-order valence-corrected chi connectivity index (χ4v) is 2.07. The lowest BCUT2D eigenvalue weighted by molar-refractivity contribution is 0.0801. The molecule has 0 aromatic carbocycles. The van der Waals surface area contributed by atoms with Gasteiger partial charge in [-0.25, -0.2) is 4.98 Å². The van der Waals surface area contributed by atoms with E-state index in [1.165, 1.54) is 0 Å². The van der Waals surface area contributed by atoms with Crippen LogP contribution in [0.5, 0.6) is 0 Å². The second-order valence-corrected chi connectivity index (χ2v) is 3.58. The van der Waals surface area contributed by atoms with Gasteiger partial charge in [-0.2, -0.15) is 0 Å². The Labute approximate surface area is 81.1 Å². The van der Waals surface area contributed by atoms with Crippen molar-refractivity contribution in [1.29, 1.82) is 0 Å². The van der Waals surface area contributed by atoms with Gasteiger partial charge in [-0.15, -0.1) is 0 Å². The van der Waals surface area contributed by atoms with Crippen LogP contribution in [-0.4, -0.2) is 9.97 Å². The molecule has 0 bridgehead atoms. The van der Waals surface area contributed by atoms with Crippen molar-refractivity contribution in [1.82, 2.24) is 9.97 Å². The summed E-state index contributed by atoms with van der Waals surface area (Å²) in [6, 6.07) is 1.93. The summed E-state index contributed by atoms with van der Waals surface area (Å²) in [6.45, 7) is 2.62. The summed E-state index contributed by atoms with van der Waals surface area (Å²) in [4.78, 5) is 7.49. The molecule has 0 spiro atoms. The van der Waals surface area contributed by atoms with Gasteiger partial charge in [-0.05, 0) is 13.0 Å². The van der Waals surface area contributed by atoms with Crippen molar-refractivity contribution < 1.29 is 4.74 Å². The molecular weight excluding hydrogens is 178 g/mol. The van der Waals surface area contributed by atoms with Gasteiger partial charge in [-0.1, -0.05) is 0 Å². The summed E-state index contributed by atoms with van der Waals surface area (Å²) in [5.41, 5.74) is 10.1. The van der Waals surface area contributed by atoms with Crippen LogP contribution in [0.3, 0.4) is 0 Å². The van der Waals surface area contributed by atoms with Crippen LogP contribution in [-0.2, 0) is 11.3 Å². The number of aromatic amines is 1. The lowest BCUT2D eigenvalue weighted by atomic mass is 10.1. The number of hydrogen-bond donors (Lipinski definition) is 2. The highest BCUT2D eigenvalue weighted by molar-refractivity contribution is 5.83. The molecule has 0 unspecified atom stereocenters. The Bertz CT molecular complexity index is 503. The lowest BCUT2D eigenvalue weighted by Gasteiger charge is -2.06. The van der Waals surface area contributed by atoms with Crippen molar-refractivity contribution in [2.75, 3.05) is 5.73 Å². The van der Waals surface area contributed by atoms with E-state index in [0.717, 1.165) is 22.2 Å². The van der Waals surface area contributed by atoms with E-state index in [1.807, 2.05) is 19.2 Å². The molecule has 72 valence electrons. The molecule has 0 radical (unpaired) electrons. The first kappa shape index (κ1) is 7.82. The smallest absolute Gasteiger partial charge is 0.130 e. The van der Waals surface area contributed by atoms with Crippen molar-refractivity contribution in [3.05, 3.63) is 23.4 Å². The van der Waals surface area contributed by atoms with Crippen LogP contribution in [0, 0.1) is 0 Å². The molecule has 2 aromatic heterocycles. The van der Waals surface area contributed by atoms with Gasteiger partial charge in [0, 0.05) is 17.3 Å². The Hall–Kier alpha value is -1.55. The molecule has 0 fully saturated rings. The minimum absolute atomic E-state index is 0.0604. The zero-order chi connectivity index (χ0) is 9.71. The molecule has 1 atom stereocenters. The average molecular weight is 189 g/mol. The molecule has 1 aliphatic heterocycles. The number of fused-ring (bicyclic) bond motifs is 3. The Kier molecular flexibility index (Phi) is 1.39. The molecule has 0 amide bonds. The van der Waals surface area contributed by atoms with Crippen LogP contribution in [0.4, 0.5) is 5.82 Å². The molecule has 14 heavy (non-hydrogen) atoms. The van der Waals surface area contributed by atoms with E-state index < -0.39 is 0 Å². The molecule has 4 nitrogen and oxygen atoms in total. The van der Waals surface area contributed by atoms with E-state index in [0.29, 0.717) is 12.4 Å². The largest absolute Gasteiger partial charge is 0.383 e. The van der Waals surface area contributed by atoms with Crippen LogP contribution < -0.4 is 5.73 Å². The number of nitrogen functional groups attached to an aromatic ring is 1. The van der Waals surface area contributed by atoms with Gasteiger partial charge in [0.15, 0.2) is 0 Å². The number of ether oxygens (including phenoxy) is 1. The summed E-state index contributed by atoms with van der Waals surface area (Å²) in [7, 11) is 0. The highest BCUT2D eigenvalue weighted by Gasteiger charge is 2.25. The van der Waals surface area contributed by atoms with Crippen LogP contribution in [0.25, 0.3) is 11.0 Å². The number of hydrogen-bond acceptors (Lipinski definition) is 3. The fourth-order valence-electron chi connectivity index (χ4n) is 2.07. The second kappa shape index (κ2) is 2.48. The highest BCUT2D eigenvalue weighted by Crippen LogP contribution is 2.37. The molecule has 4 heteroatoms. The van der Waals surface area contributed by atoms with Crippen molar-refractivity contribution in [3.8, 4) is 0 Å². The standard InChI is InChI=1S/C10H11N3O/c1-5-8-6(4-14-5)9-7(2-3-12-9)13-10(8)11/h2-3,5,12H,4H2,1H3,(H2,11,13)/t5-/m1/s1. The molecule has 0 saturated carbocycles. The molecule has 2 aromatic rings. The van der Waals surface area contributed by atoms with Crippen LogP contribution in [0.1, 0.15) is 24.2 Å². The number of aromatic nitrogens is 2. The minimum Gasteiger partial charge on any atom is -0.383 e. The molecular formula is C10H11N3O. The van der Waals surface area contributed by atoms with E-state index in [2.05, 4.69) is 9.97 Å². The number of H-pyrrole nitrogens is 1. The van der Waals surface area contributed by atoms with Gasteiger partial charge in [0.05, 0.1) is 23.7 Å². The monoisotopic (exact) mass is 189 g/mol. The number of nitrogens with zero attached hydrogens (tertiary/aromatic N) is 1. The molecule has 3 N–H and O–H groups in total. The maximum Gasteiger partial charge on any atom is 0.130 e. The normalized spacial score (nSPS) is 20.2. The van der Waals surface area contributed by atoms with Crippen molar-refractivity contribution in [3.63, 3.8) is 0 Å². The maximum absolute atomic E-state index is 5.88. The van der Waals surface area contributed by atoms with Crippen LogP contribution >= 0.6 is 0 Å². The van der Waals surface area contributed by atoms with Crippen LogP contribution in [0.15, 0.2) is 12.3 Å². The Morgan fingerprint density at radius 1 is 1.64 bits per heavy atom. The van der Waals surface area contributed by atoms with Crippen molar-refractivity contribution in [2.45, 2.75) is 19.6 Å². The minimum atomic E-state index is 0.0604. The van der Waals surface area contributed by atoms with E-state index in [9.17, 15) is 0 Å². The molecule has 3 rings (SSSR count). The van der Waals surface area contributed by atoms with Gasteiger partial charge in [0.2, 0.25) is 0 Å². The molecule has 0 aliphatic carbocycles. The maximum atomic E-state index is 5.88. The van der Waals surface area contributed by atoms with Gasteiger partial charge in [0.1, 0.15) is 5.82 Å². The first-order valence-corrected chi connectivity index (χ1v) is 4.64. The topological polar surface area (TPSA) is 63.9 Å². The Morgan fingerprint density at radius 3 is 3.36 bits per heavy atom. The van der Waals surface area contributed by atoms with E-state index in [-0.39, 0.29) is 6.10 Å². The van der Waals surface area contributed by atoms with Gasteiger partial charge >= 0.3 is 0 Å².